The fourth-order valence-electron chi connectivity index (χ4n) is 4.79. The number of nitrogens with zero attached hydrogens (tertiary/aromatic N) is 8. The number of fused-ring (bicyclic) bond motifs is 1. The van der Waals surface area contributed by atoms with Crippen LogP contribution in [0.15, 0.2) is 67.3 Å². The van der Waals surface area contributed by atoms with Gasteiger partial charge in [-0.15, -0.1) is 5.10 Å². The molecule has 2 aromatic carbocycles. The average molecular weight is 596 g/mol. The Bertz CT molecular complexity index is 1760. The lowest BCUT2D eigenvalue weighted by Gasteiger charge is -2.33. The number of aromatic nitrogens is 6. The third-order valence-corrected chi connectivity index (χ3v) is 7.47. The smallest absolute Gasteiger partial charge is 0.322 e. The van der Waals surface area contributed by atoms with Crippen molar-refractivity contribution in [3.63, 3.8) is 0 Å². The van der Waals surface area contributed by atoms with Gasteiger partial charge in [-0.2, -0.15) is 18.3 Å². The van der Waals surface area contributed by atoms with E-state index >= 15 is 0 Å². The Morgan fingerprint density at radius 3 is 2.64 bits per heavy atom. The van der Waals surface area contributed by atoms with Gasteiger partial charge in [0.15, 0.2) is 5.65 Å². The first-order valence-electron chi connectivity index (χ1n) is 13.1. The normalized spacial score (nSPS) is 14.9. The predicted molar refractivity (Wildman–Crippen MR) is 151 cm³/mol. The first-order valence-corrected chi connectivity index (χ1v) is 13.5. The number of anilines is 1. The molecule has 14 heteroatoms. The maximum Gasteiger partial charge on any atom is 0.416 e. The summed E-state index contributed by atoms with van der Waals surface area (Å²) in [6.07, 6.45) is 2.09. The van der Waals surface area contributed by atoms with Crippen molar-refractivity contribution < 1.29 is 18.0 Å². The molecule has 6 rings (SSSR count). The van der Waals surface area contributed by atoms with E-state index in [9.17, 15) is 18.0 Å². The van der Waals surface area contributed by atoms with Crippen LogP contribution in [0.25, 0.3) is 22.6 Å². The number of hydrogen-bond acceptors (Lipinski definition) is 7. The van der Waals surface area contributed by atoms with Crippen LogP contribution in [0.3, 0.4) is 0 Å². The molecule has 1 amide bonds. The molecule has 4 heterocycles. The number of piperazine rings is 1. The van der Waals surface area contributed by atoms with E-state index in [0.717, 1.165) is 19.2 Å². The number of halogens is 4. The Kier molecular flexibility index (Phi) is 7.39. The van der Waals surface area contributed by atoms with E-state index in [1.165, 1.54) is 35.0 Å². The maximum atomic E-state index is 14.0. The van der Waals surface area contributed by atoms with Gasteiger partial charge in [-0.25, -0.2) is 14.2 Å². The molecule has 42 heavy (non-hydrogen) atoms. The van der Waals surface area contributed by atoms with Crippen molar-refractivity contribution in [2.24, 2.45) is 0 Å². The maximum absolute atomic E-state index is 14.0. The molecular weight excluding hydrogens is 571 g/mol. The highest BCUT2D eigenvalue weighted by atomic mass is 35.5. The standard InChI is InChI=1S/C28H25ClF3N9O/c1-38-8-10-39(11-9-38)15-19-2-4-21(13-22(19)28(30,31)32)35-27(42)18-3-5-23(29)25(12-18)40-17-24(36-37-40)20-14-33-26-6-7-34-41(26)16-20/h2-7,12-14,16-17H,8-11,15H2,1H3,(H,35,42). The molecule has 216 valence electrons. The lowest BCUT2D eigenvalue weighted by Crippen LogP contribution is -2.44. The van der Waals surface area contributed by atoms with E-state index in [0.29, 0.717) is 40.7 Å². The van der Waals surface area contributed by atoms with Gasteiger partial charge in [0.2, 0.25) is 0 Å². The minimum atomic E-state index is -4.57. The topological polar surface area (TPSA) is 96.5 Å². The first kappa shape index (κ1) is 27.8. The predicted octanol–water partition coefficient (Wildman–Crippen LogP) is 4.65. The monoisotopic (exact) mass is 595 g/mol. The molecule has 1 saturated heterocycles. The van der Waals surface area contributed by atoms with Gasteiger partial charge in [0, 0.05) is 68.0 Å². The van der Waals surface area contributed by atoms with Gasteiger partial charge < -0.3 is 10.2 Å². The molecule has 0 radical (unpaired) electrons. The Balaban J connectivity index is 1.22. The summed E-state index contributed by atoms with van der Waals surface area (Å²) in [4.78, 5) is 21.6. The Morgan fingerprint density at radius 1 is 1.05 bits per heavy atom. The lowest BCUT2D eigenvalue weighted by atomic mass is 10.0. The second-order valence-electron chi connectivity index (χ2n) is 10.1. The van der Waals surface area contributed by atoms with E-state index < -0.39 is 17.6 Å². The van der Waals surface area contributed by atoms with Crippen LogP contribution in [0.1, 0.15) is 21.5 Å². The van der Waals surface area contributed by atoms with Gasteiger partial charge >= 0.3 is 6.18 Å². The zero-order chi connectivity index (χ0) is 29.4. The fraction of sp³-hybridized carbons (Fsp3) is 0.250. The van der Waals surface area contributed by atoms with E-state index in [4.69, 9.17) is 11.6 Å². The average Bonchev–Trinajstić information content (AvgIpc) is 3.64. The van der Waals surface area contributed by atoms with Gasteiger partial charge in [-0.1, -0.05) is 22.9 Å². The fourth-order valence-corrected chi connectivity index (χ4v) is 5.00. The summed E-state index contributed by atoms with van der Waals surface area (Å²) in [5.74, 6) is -0.596. The summed E-state index contributed by atoms with van der Waals surface area (Å²) in [6.45, 7) is 3.16. The van der Waals surface area contributed by atoms with Crippen LogP contribution in [0.4, 0.5) is 18.9 Å². The number of rotatable bonds is 6. The van der Waals surface area contributed by atoms with Crippen LogP contribution in [0, 0.1) is 0 Å². The zero-order valence-electron chi connectivity index (χ0n) is 22.4. The summed E-state index contributed by atoms with van der Waals surface area (Å²) in [5, 5.41) is 15.4. The molecule has 0 atom stereocenters. The molecule has 10 nitrogen and oxygen atoms in total. The Morgan fingerprint density at radius 2 is 1.86 bits per heavy atom. The zero-order valence-corrected chi connectivity index (χ0v) is 23.1. The minimum absolute atomic E-state index is 0.0375. The summed E-state index contributed by atoms with van der Waals surface area (Å²) >= 11 is 6.41. The molecular formula is C28H25ClF3N9O. The minimum Gasteiger partial charge on any atom is -0.322 e. The van der Waals surface area contributed by atoms with Gasteiger partial charge in [0.05, 0.1) is 28.7 Å². The van der Waals surface area contributed by atoms with Crippen molar-refractivity contribution in [3.05, 3.63) is 89.0 Å². The molecule has 0 saturated carbocycles. The summed E-state index contributed by atoms with van der Waals surface area (Å²) in [6, 6.07) is 10.2. The number of amides is 1. The highest BCUT2D eigenvalue weighted by Crippen LogP contribution is 2.35. The number of carbonyl (C=O) groups is 1. The molecule has 0 unspecified atom stereocenters. The molecule has 3 aromatic heterocycles. The van der Waals surface area contributed by atoms with Crippen molar-refractivity contribution in [2.75, 3.05) is 38.5 Å². The van der Waals surface area contributed by atoms with Crippen molar-refractivity contribution in [1.82, 2.24) is 39.4 Å². The first-order chi connectivity index (χ1) is 20.1. The quantitative estimate of drug-likeness (QED) is 0.305. The number of nitrogens with one attached hydrogen (secondary N) is 1. The van der Waals surface area contributed by atoms with Crippen molar-refractivity contribution in [2.45, 2.75) is 12.7 Å². The van der Waals surface area contributed by atoms with Gasteiger partial charge in [0.25, 0.3) is 5.91 Å². The summed E-state index contributed by atoms with van der Waals surface area (Å²) < 4.78 is 45.0. The second-order valence-corrected chi connectivity index (χ2v) is 10.5. The number of hydrogen-bond donors (Lipinski definition) is 1. The van der Waals surface area contributed by atoms with Crippen LogP contribution < -0.4 is 5.32 Å². The van der Waals surface area contributed by atoms with Crippen LogP contribution in [0.5, 0.6) is 0 Å². The molecule has 0 spiro atoms. The van der Waals surface area contributed by atoms with E-state index in [2.05, 4.69) is 30.6 Å². The highest BCUT2D eigenvalue weighted by Gasteiger charge is 2.34. The molecule has 0 bridgehead atoms. The molecule has 0 aliphatic carbocycles. The second kappa shape index (κ2) is 11.2. The number of benzene rings is 2. The number of likely N-dealkylation sites (N-methyl/N-ethyl adjacent to an activating group) is 1. The Labute approximate surface area is 243 Å². The van der Waals surface area contributed by atoms with Crippen LogP contribution in [-0.4, -0.2) is 78.5 Å². The Hall–Kier alpha value is -4.33. The molecule has 1 N–H and O–H groups in total. The number of alkyl halides is 3. The summed E-state index contributed by atoms with van der Waals surface area (Å²) in [7, 11) is 1.99. The SMILES string of the molecule is CN1CCN(Cc2ccc(NC(=O)c3ccc(Cl)c(-n4cc(-c5cnc6ccnn6c5)nn4)c3)cc2C(F)(F)F)CC1. The highest BCUT2D eigenvalue weighted by molar-refractivity contribution is 6.32. The van der Waals surface area contributed by atoms with E-state index in [1.54, 1.807) is 35.4 Å². The third-order valence-electron chi connectivity index (χ3n) is 7.15. The van der Waals surface area contributed by atoms with Crippen LogP contribution >= 0.6 is 11.6 Å². The van der Waals surface area contributed by atoms with Crippen molar-refractivity contribution >= 4 is 28.8 Å². The molecule has 5 aromatic rings. The van der Waals surface area contributed by atoms with Crippen LogP contribution in [0.2, 0.25) is 5.02 Å². The van der Waals surface area contributed by atoms with Crippen molar-refractivity contribution in [1.29, 1.82) is 0 Å². The summed E-state index contributed by atoms with van der Waals surface area (Å²) in [5.41, 5.74) is 1.84. The van der Waals surface area contributed by atoms with E-state index in [-0.39, 0.29) is 23.4 Å². The van der Waals surface area contributed by atoms with Crippen LogP contribution in [-0.2, 0) is 12.7 Å². The molecule has 1 aliphatic heterocycles. The molecule has 1 fully saturated rings. The van der Waals surface area contributed by atoms with Gasteiger partial charge in [0.1, 0.15) is 5.69 Å². The molecule has 1 aliphatic rings. The number of carbonyl (C=O) groups excluding carboxylic acids is 1. The lowest BCUT2D eigenvalue weighted by molar-refractivity contribution is -0.138. The largest absolute Gasteiger partial charge is 0.416 e. The van der Waals surface area contributed by atoms with Gasteiger partial charge in [-0.05, 0) is 42.9 Å². The third kappa shape index (κ3) is 5.84. The van der Waals surface area contributed by atoms with Crippen molar-refractivity contribution in [3.8, 4) is 16.9 Å². The van der Waals surface area contributed by atoms with Gasteiger partial charge in [-0.3, -0.25) is 9.69 Å². The van der Waals surface area contributed by atoms with E-state index in [1.807, 2.05) is 11.9 Å².